The average molecular weight is 421 g/mol. The number of carbonyl (C=O) groups is 1. The molecule has 7 nitrogen and oxygen atoms in total. The third-order valence-corrected chi connectivity index (χ3v) is 5.45. The van der Waals surface area contributed by atoms with Crippen LogP contribution in [0.25, 0.3) is 11.0 Å². The summed E-state index contributed by atoms with van der Waals surface area (Å²) >= 11 is 0. The number of nitrogens with zero attached hydrogens (tertiary/aromatic N) is 2. The molecular formula is C24H27N3O4. The highest BCUT2D eigenvalue weighted by molar-refractivity contribution is 5.79. The number of carbonyl (C=O) groups excluding carboxylic acids is 1. The van der Waals surface area contributed by atoms with Crippen molar-refractivity contribution in [1.82, 2.24) is 15.1 Å². The van der Waals surface area contributed by atoms with Crippen LogP contribution in [0.3, 0.4) is 0 Å². The van der Waals surface area contributed by atoms with Crippen LogP contribution < -0.4 is 15.7 Å². The number of likely N-dealkylation sites (N-methyl/N-ethyl adjacent to an activating group) is 1. The van der Waals surface area contributed by atoms with Crippen molar-refractivity contribution < 1.29 is 13.9 Å². The van der Waals surface area contributed by atoms with Gasteiger partial charge < -0.3 is 19.4 Å². The fourth-order valence-corrected chi connectivity index (χ4v) is 3.63. The van der Waals surface area contributed by atoms with E-state index in [4.69, 9.17) is 9.15 Å². The Hall–Kier alpha value is -3.16. The largest absolute Gasteiger partial charge is 0.484 e. The third kappa shape index (κ3) is 5.93. The molecule has 0 saturated carbocycles. The zero-order valence-corrected chi connectivity index (χ0v) is 17.7. The molecule has 3 aromatic rings. The maximum absolute atomic E-state index is 12.2. The van der Waals surface area contributed by atoms with Crippen molar-refractivity contribution in [3.8, 4) is 5.75 Å². The minimum absolute atomic E-state index is 0.108. The van der Waals surface area contributed by atoms with E-state index >= 15 is 0 Å². The maximum atomic E-state index is 12.2. The summed E-state index contributed by atoms with van der Waals surface area (Å²) in [5.41, 5.74) is 2.33. The molecule has 0 aliphatic carbocycles. The summed E-state index contributed by atoms with van der Waals surface area (Å²) in [6.45, 7) is 5.62. The predicted molar refractivity (Wildman–Crippen MR) is 119 cm³/mol. The molecule has 1 saturated heterocycles. The van der Waals surface area contributed by atoms with E-state index in [0.29, 0.717) is 17.9 Å². The molecule has 7 heteroatoms. The second-order valence-corrected chi connectivity index (χ2v) is 7.92. The fraction of sp³-hybridized carbons (Fsp3) is 0.333. The number of fused-ring (bicyclic) bond motifs is 1. The SMILES string of the molecule is CN1CCN(Cc2cccc(CNC(=O)COc3ccc4ccc(=O)oc4c3)c2)CC1. The number of piperazine rings is 1. The lowest BCUT2D eigenvalue weighted by Gasteiger charge is -2.32. The first-order chi connectivity index (χ1) is 15.0. The van der Waals surface area contributed by atoms with Crippen molar-refractivity contribution in [2.45, 2.75) is 13.1 Å². The van der Waals surface area contributed by atoms with Crippen molar-refractivity contribution in [2.75, 3.05) is 39.8 Å². The van der Waals surface area contributed by atoms with Gasteiger partial charge in [-0.25, -0.2) is 4.79 Å². The van der Waals surface area contributed by atoms with Crippen LogP contribution in [0.1, 0.15) is 11.1 Å². The molecule has 1 aromatic heterocycles. The topological polar surface area (TPSA) is 75.0 Å². The van der Waals surface area contributed by atoms with E-state index in [1.165, 1.54) is 11.6 Å². The third-order valence-electron chi connectivity index (χ3n) is 5.45. The summed E-state index contributed by atoms with van der Waals surface area (Å²) in [4.78, 5) is 28.4. The zero-order chi connectivity index (χ0) is 21.6. The highest BCUT2D eigenvalue weighted by Gasteiger charge is 2.14. The van der Waals surface area contributed by atoms with Gasteiger partial charge in [-0.15, -0.1) is 0 Å². The molecule has 1 aliphatic rings. The van der Waals surface area contributed by atoms with Crippen molar-refractivity contribution in [1.29, 1.82) is 0 Å². The standard InChI is InChI=1S/C24H27N3O4/c1-26-9-11-27(12-10-26)16-19-4-2-3-18(13-19)15-25-23(28)17-30-21-7-5-20-6-8-24(29)31-22(20)14-21/h2-8,13-14H,9-12,15-17H2,1H3,(H,25,28). The molecule has 0 unspecified atom stereocenters. The van der Waals surface area contributed by atoms with Gasteiger partial charge in [0.1, 0.15) is 11.3 Å². The van der Waals surface area contributed by atoms with Gasteiger partial charge in [-0.1, -0.05) is 24.3 Å². The van der Waals surface area contributed by atoms with Gasteiger partial charge in [0, 0.05) is 56.8 Å². The van der Waals surface area contributed by atoms with Crippen molar-refractivity contribution in [3.05, 3.63) is 76.1 Å². The Labute approximate surface area is 181 Å². The molecule has 1 aliphatic heterocycles. The first kappa shape index (κ1) is 21.1. The minimum atomic E-state index is -0.419. The number of nitrogens with one attached hydrogen (secondary N) is 1. The Morgan fingerprint density at radius 3 is 2.65 bits per heavy atom. The normalized spacial score (nSPS) is 15.1. The molecule has 1 amide bonds. The molecule has 31 heavy (non-hydrogen) atoms. The molecule has 0 bridgehead atoms. The van der Waals surface area contributed by atoms with Crippen LogP contribution >= 0.6 is 0 Å². The van der Waals surface area contributed by atoms with Crippen LogP contribution in [0.5, 0.6) is 5.75 Å². The summed E-state index contributed by atoms with van der Waals surface area (Å²) < 4.78 is 10.7. The zero-order valence-electron chi connectivity index (χ0n) is 17.7. The van der Waals surface area contributed by atoms with Gasteiger partial charge in [0.15, 0.2) is 6.61 Å². The van der Waals surface area contributed by atoms with Crippen molar-refractivity contribution >= 4 is 16.9 Å². The van der Waals surface area contributed by atoms with Crippen LogP contribution in [0, 0.1) is 0 Å². The first-order valence-corrected chi connectivity index (χ1v) is 10.5. The summed E-state index contributed by atoms with van der Waals surface area (Å²) in [5, 5.41) is 3.69. The molecule has 1 N–H and O–H groups in total. The Morgan fingerprint density at radius 2 is 1.81 bits per heavy atom. The molecule has 2 heterocycles. The van der Waals surface area contributed by atoms with Crippen LogP contribution in [-0.2, 0) is 17.9 Å². The minimum Gasteiger partial charge on any atom is -0.484 e. The number of hydrogen-bond acceptors (Lipinski definition) is 6. The lowest BCUT2D eigenvalue weighted by atomic mass is 10.1. The summed E-state index contributed by atoms with van der Waals surface area (Å²) in [5.74, 6) is 0.269. The van der Waals surface area contributed by atoms with E-state index in [0.717, 1.165) is 43.7 Å². The van der Waals surface area contributed by atoms with E-state index in [1.807, 2.05) is 12.1 Å². The number of benzene rings is 2. The van der Waals surface area contributed by atoms with Gasteiger partial charge in [-0.2, -0.15) is 0 Å². The Morgan fingerprint density at radius 1 is 1.03 bits per heavy atom. The van der Waals surface area contributed by atoms with E-state index in [-0.39, 0.29) is 12.5 Å². The van der Waals surface area contributed by atoms with Gasteiger partial charge in [0.25, 0.3) is 5.91 Å². The number of hydrogen-bond donors (Lipinski definition) is 1. The van der Waals surface area contributed by atoms with Gasteiger partial charge in [-0.3, -0.25) is 9.69 Å². The Kier molecular flexibility index (Phi) is 6.64. The van der Waals surface area contributed by atoms with E-state index < -0.39 is 5.63 Å². The molecule has 0 radical (unpaired) electrons. The lowest BCUT2D eigenvalue weighted by molar-refractivity contribution is -0.123. The summed E-state index contributed by atoms with van der Waals surface area (Å²) in [6.07, 6.45) is 0. The molecular weight excluding hydrogens is 394 g/mol. The lowest BCUT2D eigenvalue weighted by Crippen LogP contribution is -2.43. The number of rotatable bonds is 7. The Bertz CT molecular complexity index is 1100. The van der Waals surface area contributed by atoms with E-state index in [9.17, 15) is 9.59 Å². The second-order valence-electron chi connectivity index (χ2n) is 7.92. The van der Waals surface area contributed by atoms with Crippen LogP contribution in [-0.4, -0.2) is 55.5 Å². The quantitative estimate of drug-likeness (QED) is 0.590. The maximum Gasteiger partial charge on any atom is 0.336 e. The van der Waals surface area contributed by atoms with Gasteiger partial charge in [0.05, 0.1) is 0 Å². The smallest absolute Gasteiger partial charge is 0.336 e. The Balaban J connectivity index is 1.26. The van der Waals surface area contributed by atoms with E-state index in [1.54, 1.807) is 24.3 Å². The predicted octanol–water partition coefficient (Wildman–Crippen LogP) is 2.24. The first-order valence-electron chi connectivity index (χ1n) is 10.5. The number of ether oxygens (including phenoxy) is 1. The van der Waals surface area contributed by atoms with Crippen LogP contribution in [0.4, 0.5) is 0 Å². The second kappa shape index (κ2) is 9.76. The average Bonchev–Trinajstić information content (AvgIpc) is 2.78. The molecule has 0 atom stereocenters. The molecule has 2 aromatic carbocycles. The van der Waals surface area contributed by atoms with Gasteiger partial charge in [0.2, 0.25) is 0 Å². The highest BCUT2D eigenvalue weighted by Crippen LogP contribution is 2.19. The van der Waals surface area contributed by atoms with E-state index in [2.05, 4.69) is 34.3 Å². The number of amides is 1. The molecule has 162 valence electrons. The van der Waals surface area contributed by atoms with Crippen LogP contribution in [0.2, 0.25) is 0 Å². The fourth-order valence-electron chi connectivity index (χ4n) is 3.63. The highest BCUT2D eigenvalue weighted by atomic mass is 16.5. The van der Waals surface area contributed by atoms with Gasteiger partial charge >= 0.3 is 5.63 Å². The summed E-state index contributed by atoms with van der Waals surface area (Å²) in [7, 11) is 2.15. The molecule has 1 fully saturated rings. The monoisotopic (exact) mass is 421 g/mol. The van der Waals surface area contributed by atoms with Crippen molar-refractivity contribution in [2.24, 2.45) is 0 Å². The van der Waals surface area contributed by atoms with Crippen molar-refractivity contribution in [3.63, 3.8) is 0 Å². The molecule has 0 spiro atoms. The molecule has 4 rings (SSSR count). The van der Waals surface area contributed by atoms with Crippen LogP contribution in [0.15, 0.2) is 63.8 Å². The van der Waals surface area contributed by atoms with Gasteiger partial charge in [-0.05, 0) is 36.4 Å². The summed E-state index contributed by atoms with van der Waals surface area (Å²) in [6, 6.07) is 16.5.